The normalized spacial score (nSPS) is 23.8. The van der Waals surface area contributed by atoms with E-state index in [2.05, 4.69) is 12.2 Å². The van der Waals surface area contributed by atoms with Gasteiger partial charge in [-0.15, -0.1) is 0 Å². The van der Waals surface area contributed by atoms with Crippen LogP contribution in [0, 0.1) is 0 Å². The molecule has 2 rings (SSSR count). The summed E-state index contributed by atoms with van der Waals surface area (Å²) >= 11 is 0. The van der Waals surface area contributed by atoms with Gasteiger partial charge in [-0.25, -0.2) is 0 Å². The number of hydrogen-bond acceptors (Lipinski definition) is 2. The standard InChI is InChI=1S/C16H23NO/c1-13(17)15-11-7-8-12-16(15)18-14-9-5-3-2-4-6-10-14/h5,7-9,11-14H,2-4,6,10,17H2,1H3/b9-5+/t13-,14?/m1/s1. The van der Waals surface area contributed by atoms with Gasteiger partial charge in [0.1, 0.15) is 11.9 Å². The van der Waals surface area contributed by atoms with Crippen LogP contribution < -0.4 is 10.5 Å². The van der Waals surface area contributed by atoms with Gasteiger partial charge in [-0.3, -0.25) is 0 Å². The number of hydrogen-bond donors (Lipinski definition) is 1. The number of ether oxygens (including phenoxy) is 1. The van der Waals surface area contributed by atoms with E-state index in [1.165, 1.54) is 25.7 Å². The molecule has 2 heteroatoms. The van der Waals surface area contributed by atoms with Crippen molar-refractivity contribution in [2.75, 3.05) is 0 Å². The van der Waals surface area contributed by atoms with Gasteiger partial charge in [0.25, 0.3) is 0 Å². The second-order valence-corrected chi connectivity index (χ2v) is 5.05. The van der Waals surface area contributed by atoms with Crippen LogP contribution in [0.1, 0.15) is 50.6 Å². The lowest BCUT2D eigenvalue weighted by Crippen LogP contribution is -2.17. The minimum Gasteiger partial charge on any atom is -0.486 e. The first-order chi connectivity index (χ1) is 8.77. The van der Waals surface area contributed by atoms with Gasteiger partial charge in [0.05, 0.1) is 0 Å². The number of para-hydroxylation sites is 1. The molecule has 18 heavy (non-hydrogen) atoms. The molecule has 0 aromatic heterocycles. The molecule has 1 unspecified atom stereocenters. The first-order valence-corrected chi connectivity index (χ1v) is 6.95. The van der Waals surface area contributed by atoms with Crippen molar-refractivity contribution in [3.8, 4) is 5.75 Å². The van der Waals surface area contributed by atoms with E-state index in [4.69, 9.17) is 10.5 Å². The van der Waals surface area contributed by atoms with Crippen LogP contribution in [0.3, 0.4) is 0 Å². The second kappa shape index (κ2) is 6.60. The first-order valence-electron chi connectivity index (χ1n) is 6.95. The Labute approximate surface area is 110 Å². The molecular weight excluding hydrogens is 222 g/mol. The van der Waals surface area contributed by atoms with Gasteiger partial charge in [0.15, 0.2) is 0 Å². The molecule has 2 atom stereocenters. The van der Waals surface area contributed by atoms with Gasteiger partial charge < -0.3 is 10.5 Å². The molecule has 0 saturated heterocycles. The zero-order valence-corrected chi connectivity index (χ0v) is 11.1. The second-order valence-electron chi connectivity index (χ2n) is 5.05. The lowest BCUT2D eigenvalue weighted by atomic mass is 10.0. The Balaban J connectivity index is 2.09. The van der Waals surface area contributed by atoms with Crippen LogP contribution in [0.15, 0.2) is 36.4 Å². The van der Waals surface area contributed by atoms with Gasteiger partial charge >= 0.3 is 0 Å². The maximum absolute atomic E-state index is 6.12. The molecule has 0 aliphatic heterocycles. The summed E-state index contributed by atoms with van der Waals surface area (Å²) in [6.45, 7) is 2.00. The zero-order chi connectivity index (χ0) is 12.8. The smallest absolute Gasteiger partial charge is 0.124 e. The highest BCUT2D eigenvalue weighted by atomic mass is 16.5. The summed E-state index contributed by atoms with van der Waals surface area (Å²) in [7, 11) is 0. The molecule has 0 saturated carbocycles. The largest absolute Gasteiger partial charge is 0.486 e. The van der Waals surface area contributed by atoms with E-state index >= 15 is 0 Å². The number of benzene rings is 1. The van der Waals surface area contributed by atoms with Gasteiger partial charge in [-0.1, -0.05) is 30.7 Å². The molecule has 1 aliphatic rings. The predicted octanol–water partition coefficient (Wildman–Crippen LogP) is 3.97. The van der Waals surface area contributed by atoms with Crippen LogP contribution in [0.4, 0.5) is 0 Å². The van der Waals surface area contributed by atoms with E-state index in [9.17, 15) is 0 Å². The van der Waals surface area contributed by atoms with Crippen LogP contribution in [0.25, 0.3) is 0 Å². The Bertz CT molecular complexity index is 398. The summed E-state index contributed by atoms with van der Waals surface area (Å²) in [6, 6.07) is 8.10. The molecule has 1 aliphatic carbocycles. The molecule has 0 fully saturated rings. The molecule has 0 amide bonds. The van der Waals surface area contributed by atoms with Crippen molar-refractivity contribution in [2.24, 2.45) is 5.73 Å². The first kappa shape index (κ1) is 13.2. The highest BCUT2D eigenvalue weighted by Crippen LogP contribution is 2.26. The lowest BCUT2D eigenvalue weighted by molar-refractivity contribution is 0.228. The molecule has 0 bridgehead atoms. The summed E-state index contributed by atoms with van der Waals surface area (Å²) in [5, 5.41) is 0. The quantitative estimate of drug-likeness (QED) is 0.818. The fourth-order valence-corrected chi connectivity index (χ4v) is 2.35. The molecule has 0 radical (unpaired) electrons. The Kier molecular flexibility index (Phi) is 4.82. The minimum atomic E-state index is 0.0127. The number of allylic oxidation sites excluding steroid dienone is 1. The van der Waals surface area contributed by atoms with Crippen molar-refractivity contribution < 1.29 is 4.74 Å². The van der Waals surface area contributed by atoms with E-state index in [0.717, 1.165) is 17.7 Å². The van der Waals surface area contributed by atoms with Gasteiger partial charge in [-0.05, 0) is 44.7 Å². The van der Waals surface area contributed by atoms with Gasteiger partial charge in [-0.2, -0.15) is 0 Å². The third kappa shape index (κ3) is 3.61. The molecule has 0 heterocycles. The molecule has 98 valence electrons. The van der Waals surface area contributed by atoms with Crippen LogP contribution in [-0.4, -0.2) is 6.10 Å². The van der Waals surface area contributed by atoms with Crippen molar-refractivity contribution in [2.45, 2.75) is 51.2 Å². The van der Waals surface area contributed by atoms with Crippen LogP contribution >= 0.6 is 0 Å². The van der Waals surface area contributed by atoms with Crippen LogP contribution in [-0.2, 0) is 0 Å². The van der Waals surface area contributed by atoms with Crippen molar-refractivity contribution in [1.82, 2.24) is 0 Å². The maximum atomic E-state index is 6.12. The minimum absolute atomic E-state index is 0.0127. The highest BCUT2D eigenvalue weighted by molar-refractivity contribution is 5.35. The fraction of sp³-hybridized carbons (Fsp3) is 0.500. The fourth-order valence-electron chi connectivity index (χ4n) is 2.35. The summed E-state index contributed by atoms with van der Waals surface area (Å²) in [6.07, 6.45) is 10.8. The van der Waals surface area contributed by atoms with Crippen molar-refractivity contribution in [3.05, 3.63) is 42.0 Å². The highest BCUT2D eigenvalue weighted by Gasteiger charge is 2.12. The molecule has 1 aromatic carbocycles. The van der Waals surface area contributed by atoms with Crippen molar-refractivity contribution in [3.63, 3.8) is 0 Å². The zero-order valence-electron chi connectivity index (χ0n) is 11.1. The summed E-state index contributed by atoms with van der Waals surface area (Å²) in [4.78, 5) is 0. The van der Waals surface area contributed by atoms with Crippen molar-refractivity contribution >= 4 is 0 Å². The molecule has 2 N–H and O–H groups in total. The van der Waals surface area contributed by atoms with E-state index < -0.39 is 0 Å². The van der Waals surface area contributed by atoms with E-state index in [1.807, 2.05) is 31.2 Å². The van der Waals surface area contributed by atoms with E-state index in [-0.39, 0.29) is 12.1 Å². The molecular formula is C16H23NO. The van der Waals surface area contributed by atoms with E-state index in [1.54, 1.807) is 0 Å². The van der Waals surface area contributed by atoms with E-state index in [0.29, 0.717) is 0 Å². The number of nitrogens with two attached hydrogens (primary N) is 1. The average Bonchev–Trinajstić information content (AvgIpc) is 2.33. The Morgan fingerprint density at radius 2 is 2.06 bits per heavy atom. The Hall–Kier alpha value is -1.28. The lowest BCUT2D eigenvalue weighted by Gasteiger charge is -2.20. The third-order valence-electron chi connectivity index (χ3n) is 3.40. The monoisotopic (exact) mass is 245 g/mol. The average molecular weight is 245 g/mol. The third-order valence-corrected chi connectivity index (χ3v) is 3.40. The summed E-state index contributed by atoms with van der Waals surface area (Å²) < 4.78 is 6.12. The summed E-state index contributed by atoms with van der Waals surface area (Å²) in [5.74, 6) is 0.933. The number of rotatable bonds is 3. The van der Waals surface area contributed by atoms with Crippen LogP contribution in [0.5, 0.6) is 5.75 Å². The Morgan fingerprint density at radius 1 is 1.22 bits per heavy atom. The predicted molar refractivity (Wildman–Crippen MR) is 75.7 cm³/mol. The summed E-state index contributed by atoms with van der Waals surface area (Å²) in [5.41, 5.74) is 7.07. The van der Waals surface area contributed by atoms with Crippen molar-refractivity contribution in [1.29, 1.82) is 0 Å². The van der Waals surface area contributed by atoms with Gasteiger partial charge in [0.2, 0.25) is 0 Å². The molecule has 1 aromatic rings. The molecule has 2 nitrogen and oxygen atoms in total. The topological polar surface area (TPSA) is 35.2 Å². The maximum Gasteiger partial charge on any atom is 0.124 e. The SMILES string of the molecule is C[C@@H](N)c1ccccc1OC1/C=C/CCCCC1. The van der Waals surface area contributed by atoms with Crippen LogP contribution in [0.2, 0.25) is 0 Å². The van der Waals surface area contributed by atoms with Gasteiger partial charge in [0, 0.05) is 11.6 Å². The molecule has 0 spiro atoms. The Morgan fingerprint density at radius 3 is 2.89 bits per heavy atom.